The minimum atomic E-state index is 0.888. The van der Waals surface area contributed by atoms with E-state index in [9.17, 15) is 0 Å². The van der Waals surface area contributed by atoms with Gasteiger partial charge in [-0.2, -0.15) is 0 Å². The van der Waals surface area contributed by atoms with Gasteiger partial charge in [-0.1, -0.05) is 388 Å². The van der Waals surface area contributed by atoms with Gasteiger partial charge in [0.15, 0.2) is 0 Å². The second-order valence-electron chi connectivity index (χ2n) is 34.5. The molecule has 0 N–H and O–H groups in total. The van der Waals surface area contributed by atoms with Gasteiger partial charge in [0, 0.05) is 83.3 Å². The summed E-state index contributed by atoms with van der Waals surface area (Å²) in [6.45, 7) is 0. The lowest BCUT2D eigenvalue weighted by Crippen LogP contribution is -2.11. The number of para-hydroxylation sites is 3. The molecule has 0 bridgehead atoms. The SMILES string of the molecule is c1cc2ccc3ccc(N(c4ccc5c(c4)oc4ccccc45)c4ccc5ccc6cccc7ccc4c5c67)c4ccc(c1)c2c34.c1ccc(-c2ccc(N(c3cc4ccccc4c4ccccc34)c3cc4ccccc4c4ccccc34)cc2)cc1.c1ccc(N(c2ccc(-c3ccc(N(c4ccccc4)c4cccc5ccccc45)cc3)cc2)c2cccc3ccccc23)cc1. The first-order valence-electron chi connectivity index (χ1n) is 45.7. The van der Waals surface area contributed by atoms with Crippen LogP contribution in [0.4, 0.5) is 68.2 Å². The van der Waals surface area contributed by atoms with E-state index < -0.39 is 0 Å². The Morgan fingerprint density at radius 2 is 0.398 bits per heavy atom. The zero-order valence-electron chi connectivity index (χ0n) is 72.7. The monoisotopic (exact) mass is 1690 g/mol. The lowest BCUT2D eigenvalue weighted by molar-refractivity contribution is 0.669. The number of hydrogen-bond donors (Lipinski definition) is 0. The Morgan fingerprint density at radius 3 is 0.850 bits per heavy atom. The highest BCUT2D eigenvalue weighted by Crippen LogP contribution is 2.52. The molecule has 133 heavy (non-hydrogen) atoms. The van der Waals surface area contributed by atoms with E-state index in [1.54, 1.807) is 0 Å². The van der Waals surface area contributed by atoms with Crippen LogP contribution < -0.4 is 19.6 Å². The first-order chi connectivity index (χ1) is 66.0. The highest BCUT2D eigenvalue weighted by atomic mass is 16.3. The van der Waals surface area contributed by atoms with E-state index in [0.29, 0.717) is 0 Å². The van der Waals surface area contributed by atoms with Crippen molar-refractivity contribution in [3.8, 4) is 22.3 Å². The third-order valence-electron chi connectivity index (χ3n) is 26.9. The van der Waals surface area contributed by atoms with Crippen LogP contribution in [0, 0.1) is 0 Å². The van der Waals surface area contributed by atoms with Gasteiger partial charge in [0.05, 0.1) is 34.1 Å². The molecule has 1 heterocycles. The van der Waals surface area contributed by atoms with Crippen LogP contribution in [-0.4, -0.2) is 0 Å². The van der Waals surface area contributed by atoms with Gasteiger partial charge in [-0.3, -0.25) is 0 Å². The van der Waals surface area contributed by atoms with E-state index in [-0.39, 0.29) is 0 Å². The van der Waals surface area contributed by atoms with E-state index in [4.69, 9.17) is 4.42 Å². The first kappa shape index (κ1) is 77.7. The van der Waals surface area contributed by atoms with Gasteiger partial charge in [0.2, 0.25) is 0 Å². The third kappa shape index (κ3) is 13.7. The summed E-state index contributed by atoms with van der Waals surface area (Å²) in [5.74, 6) is 0. The van der Waals surface area contributed by atoms with Gasteiger partial charge in [-0.25, -0.2) is 0 Å². The van der Waals surface area contributed by atoms with Gasteiger partial charge in [0.1, 0.15) is 11.2 Å². The minimum absolute atomic E-state index is 0.888. The molecule has 27 aromatic rings. The zero-order valence-corrected chi connectivity index (χ0v) is 72.7. The van der Waals surface area contributed by atoms with E-state index in [1.165, 1.54) is 163 Å². The predicted octanol–water partition coefficient (Wildman–Crippen LogP) is 36.9. The lowest BCUT2D eigenvalue weighted by atomic mass is 9.91. The number of anilines is 12. The number of hydrogen-bond acceptors (Lipinski definition) is 5. The molecule has 5 heteroatoms. The summed E-state index contributed by atoms with van der Waals surface area (Å²) >= 11 is 0. The van der Waals surface area contributed by atoms with Gasteiger partial charge < -0.3 is 24.0 Å². The molecule has 27 rings (SSSR count). The number of fused-ring (bicyclic) bond motifs is 11. The van der Waals surface area contributed by atoms with Gasteiger partial charge in [-0.15, -0.1) is 0 Å². The van der Waals surface area contributed by atoms with E-state index >= 15 is 0 Å². The molecule has 622 valence electrons. The van der Waals surface area contributed by atoms with Crippen molar-refractivity contribution in [2.45, 2.75) is 0 Å². The summed E-state index contributed by atoms with van der Waals surface area (Å²) in [5.41, 5.74) is 20.2. The molecule has 0 aliphatic rings. The van der Waals surface area contributed by atoms with Gasteiger partial charge in [-0.05, 0) is 234 Å². The van der Waals surface area contributed by atoms with Crippen molar-refractivity contribution in [1.82, 2.24) is 0 Å². The Balaban J connectivity index is 0.000000107. The molecular weight excluding hydrogens is 1610 g/mol. The van der Waals surface area contributed by atoms with Crippen LogP contribution in [0.15, 0.2) is 514 Å². The Labute approximate surface area is 769 Å². The van der Waals surface area contributed by atoms with E-state index in [1.807, 2.05) is 6.07 Å². The van der Waals surface area contributed by atoms with Crippen LogP contribution in [0.5, 0.6) is 0 Å². The topological polar surface area (TPSA) is 26.1 Å². The van der Waals surface area contributed by atoms with Crippen LogP contribution in [0.1, 0.15) is 0 Å². The van der Waals surface area contributed by atoms with Crippen LogP contribution in [0.3, 0.4) is 0 Å². The second-order valence-corrected chi connectivity index (χ2v) is 34.5. The fourth-order valence-electron chi connectivity index (χ4n) is 20.8. The quantitative estimate of drug-likeness (QED) is 0.101. The average Bonchev–Trinajstić information content (AvgIpc) is 1.46. The lowest BCUT2D eigenvalue weighted by Gasteiger charge is -2.29. The largest absolute Gasteiger partial charge is 0.456 e. The molecule has 0 aliphatic carbocycles. The molecule has 0 saturated heterocycles. The molecule has 0 spiro atoms. The van der Waals surface area contributed by atoms with Crippen molar-refractivity contribution in [3.63, 3.8) is 0 Å². The van der Waals surface area contributed by atoms with Crippen LogP contribution in [0.25, 0.3) is 173 Å². The fraction of sp³-hybridized carbons (Fsp3) is 0. The maximum atomic E-state index is 6.45. The summed E-state index contributed by atoms with van der Waals surface area (Å²) in [7, 11) is 0. The van der Waals surface area contributed by atoms with Crippen LogP contribution >= 0.6 is 0 Å². The predicted molar refractivity (Wildman–Crippen MR) is 569 cm³/mol. The minimum Gasteiger partial charge on any atom is -0.456 e. The smallest absolute Gasteiger partial charge is 0.137 e. The first-order valence-corrected chi connectivity index (χ1v) is 45.7. The third-order valence-corrected chi connectivity index (χ3v) is 26.9. The Morgan fingerprint density at radius 1 is 0.120 bits per heavy atom. The molecule has 26 aromatic carbocycles. The zero-order chi connectivity index (χ0) is 87.8. The van der Waals surface area contributed by atoms with Crippen molar-refractivity contribution >= 4 is 219 Å². The van der Waals surface area contributed by atoms with Crippen molar-refractivity contribution < 1.29 is 4.42 Å². The van der Waals surface area contributed by atoms with E-state index in [0.717, 1.165) is 78.8 Å². The summed E-state index contributed by atoms with van der Waals surface area (Å²) in [6, 6.07) is 184. The summed E-state index contributed by atoms with van der Waals surface area (Å²) in [4.78, 5) is 9.59. The number of rotatable bonds is 14. The highest BCUT2D eigenvalue weighted by molar-refractivity contribution is 6.29. The van der Waals surface area contributed by atoms with Gasteiger partial charge >= 0.3 is 0 Å². The molecule has 1 aromatic heterocycles. The molecular formula is C128H84N4O. The molecule has 0 amide bonds. The summed E-state index contributed by atoms with van der Waals surface area (Å²) in [6.07, 6.45) is 0. The van der Waals surface area contributed by atoms with Crippen molar-refractivity contribution in [2.75, 3.05) is 19.6 Å². The normalized spacial score (nSPS) is 11.6. The standard InChI is InChI=1S/C44H32N2.C44H25NO.C40H27N/c1-3-17-37(18-4-1)45(43-23-11-15-35-13-7-9-21-41(35)43)39-29-25-33(26-30-39)34-27-31-40(32-28-34)46(38-19-5-2-6-20-38)44-24-12-16-36-14-8-10-22-42(36)44;1-2-10-39-33(9-1)34-22-19-32(25-40(34)46-39)45(37-23-17-30-13-11-26-5-3-7-28-15-20-35(37)43(30)41(26)28)38-24-18-31-14-12-27-6-4-8-29-16-21-36(38)44(31)42(27)29;1-2-12-28(13-3-1)29-22-24-32(25-23-29)41(39-26-30-14-4-6-16-33(30)35-18-8-10-20-37(35)39)40-27-31-15-5-7-17-34(31)36-19-9-11-21-38(36)40/h1-32H;1-25H;1-27H. The maximum Gasteiger partial charge on any atom is 0.137 e. The molecule has 0 atom stereocenters. The number of furan rings is 1. The van der Waals surface area contributed by atoms with Crippen molar-refractivity contribution in [1.29, 1.82) is 0 Å². The van der Waals surface area contributed by atoms with Crippen molar-refractivity contribution in [2.24, 2.45) is 0 Å². The molecule has 0 fully saturated rings. The summed E-state index contributed by atoms with van der Waals surface area (Å²) < 4.78 is 6.45. The molecule has 0 saturated carbocycles. The van der Waals surface area contributed by atoms with Crippen LogP contribution in [0.2, 0.25) is 0 Å². The van der Waals surface area contributed by atoms with Crippen molar-refractivity contribution in [3.05, 3.63) is 510 Å². The number of benzene rings is 26. The van der Waals surface area contributed by atoms with Gasteiger partial charge in [0.25, 0.3) is 0 Å². The van der Waals surface area contributed by atoms with E-state index in [2.05, 4.69) is 523 Å². The Bertz CT molecular complexity index is 8620. The molecule has 0 aliphatic heterocycles. The Hall–Kier alpha value is -17.6. The highest BCUT2D eigenvalue weighted by Gasteiger charge is 2.27. The summed E-state index contributed by atoms with van der Waals surface area (Å²) in [5, 5.41) is 32.5. The van der Waals surface area contributed by atoms with Crippen LogP contribution in [-0.2, 0) is 0 Å². The second kappa shape index (κ2) is 32.9. The Kier molecular flexibility index (Phi) is 19.2. The number of nitrogens with zero attached hydrogens (tertiary/aromatic N) is 4. The molecule has 0 radical (unpaired) electrons. The average molecular weight is 1690 g/mol. The molecule has 5 nitrogen and oxygen atoms in total. The molecule has 0 unspecified atom stereocenters. The maximum absolute atomic E-state index is 6.45. The fourth-order valence-corrected chi connectivity index (χ4v) is 20.8.